The number of carbonyl (C=O) groups is 2. The SMILES string of the molecule is CCCCCCCCCCCCOC(=O)c1ccc(C(=O)OCCC(C)CC)cc1. The van der Waals surface area contributed by atoms with Crippen LogP contribution in [0, 0.1) is 5.92 Å². The molecule has 0 amide bonds. The van der Waals surface area contributed by atoms with Crippen LogP contribution in [0.1, 0.15) is 119 Å². The molecule has 170 valence electrons. The first-order valence-corrected chi connectivity index (χ1v) is 12.0. The van der Waals surface area contributed by atoms with Gasteiger partial charge in [-0.3, -0.25) is 0 Å². The Hall–Kier alpha value is -1.84. The molecular weight excluding hydrogens is 376 g/mol. The molecule has 0 bridgehead atoms. The molecule has 0 aliphatic heterocycles. The highest BCUT2D eigenvalue weighted by molar-refractivity contribution is 5.93. The molecule has 0 aliphatic carbocycles. The lowest BCUT2D eigenvalue weighted by Gasteiger charge is -2.09. The molecule has 0 fully saturated rings. The molecule has 0 aromatic heterocycles. The van der Waals surface area contributed by atoms with E-state index in [1.54, 1.807) is 24.3 Å². The van der Waals surface area contributed by atoms with Gasteiger partial charge in [0.05, 0.1) is 24.3 Å². The Morgan fingerprint density at radius 1 is 0.700 bits per heavy atom. The van der Waals surface area contributed by atoms with Gasteiger partial charge in [0, 0.05) is 0 Å². The molecule has 0 saturated carbocycles. The van der Waals surface area contributed by atoms with Crippen LogP contribution in [-0.4, -0.2) is 25.2 Å². The third kappa shape index (κ3) is 12.0. The summed E-state index contributed by atoms with van der Waals surface area (Å²) in [5.41, 5.74) is 0.934. The Bertz CT molecular complexity index is 579. The molecule has 30 heavy (non-hydrogen) atoms. The zero-order valence-electron chi connectivity index (χ0n) is 19.4. The molecule has 0 radical (unpaired) electrons. The maximum atomic E-state index is 12.1. The summed E-state index contributed by atoms with van der Waals surface area (Å²) in [5, 5.41) is 0. The molecule has 0 heterocycles. The maximum absolute atomic E-state index is 12.1. The molecular formula is C26H42O4. The molecule has 4 heteroatoms. The Morgan fingerprint density at radius 2 is 1.13 bits per heavy atom. The fourth-order valence-corrected chi connectivity index (χ4v) is 3.22. The van der Waals surface area contributed by atoms with Gasteiger partial charge in [-0.2, -0.15) is 0 Å². The van der Waals surface area contributed by atoms with Crippen LogP contribution in [0.3, 0.4) is 0 Å². The van der Waals surface area contributed by atoms with Gasteiger partial charge in [-0.15, -0.1) is 0 Å². The summed E-state index contributed by atoms with van der Waals surface area (Å²) in [5.74, 6) is -0.128. The predicted molar refractivity (Wildman–Crippen MR) is 123 cm³/mol. The number of unbranched alkanes of at least 4 members (excludes halogenated alkanes) is 9. The average Bonchev–Trinajstić information content (AvgIpc) is 2.77. The molecule has 0 saturated heterocycles. The maximum Gasteiger partial charge on any atom is 0.338 e. The van der Waals surface area contributed by atoms with E-state index in [-0.39, 0.29) is 11.9 Å². The van der Waals surface area contributed by atoms with Gasteiger partial charge < -0.3 is 9.47 Å². The lowest BCUT2D eigenvalue weighted by molar-refractivity contribution is 0.0475. The lowest BCUT2D eigenvalue weighted by atomic mass is 10.1. The van der Waals surface area contributed by atoms with Crippen LogP contribution >= 0.6 is 0 Å². The molecule has 1 aromatic carbocycles. The first-order valence-electron chi connectivity index (χ1n) is 12.0. The number of hydrogen-bond donors (Lipinski definition) is 0. The van der Waals surface area contributed by atoms with Crippen molar-refractivity contribution in [3.8, 4) is 0 Å². The van der Waals surface area contributed by atoms with Crippen molar-refractivity contribution in [2.24, 2.45) is 5.92 Å². The number of ether oxygens (including phenoxy) is 2. The van der Waals surface area contributed by atoms with Crippen LogP contribution in [0.25, 0.3) is 0 Å². The van der Waals surface area contributed by atoms with E-state index in [2.05, 4.69) is 20.8 Å². The molecule has 0 aliphatic rings. The van der Waals surface area contributed by atoms with Crippen molar-refractivity contribution in [1.29, 1.82) is 0 Å². The molecule has 0 N–H and O–H groups in total. The summed E-state index contributed by atoms with van der Waals surface area (Å²) < 4.78 is 10.6. The van der Waals surface area contributed by atoms with Gasteiger partial charge >= 0.3 is 11.9 Å². The highest BCUT2D eigenvalue weighted by atomic mass is 16.5. The number of rotatable bonds is 17. The third-order valence-electron chi connectivity index (χ3n) is 5.63. The van der Waals surface area contributed by atoms with Crippen molar-refractivity contribution >= 4 is 11.9 Å². The van der Waals surface area contributed by atoms with Crippen molar-refractivity contribution in [2.75, 3.05) is 13.2 Å². The second-order valence-corrected chi connectivity index (χ2v) is 8.33. The second kappa shape index (κ2) is 16.9. The highest BCUT2D eigenvalue weighted by Gasteiger charge is 2.11. The number of esters is 2. The van der Waals surface area contributed by atoms with Crippen LogP contribution in [0.5, 0.6) is 0 Å². The third-order valence-corrected chi connectivity index (χ3v) is 5.63. The summed E-state index contributed by atoms with van der Waals surface area (Å²) in [6.07, 6.45) is 14.5. The van der Waals surface area contributed by atoms with E-state index in [0.717, 1.165) is 25.7 Å². The fourth-order valence-electron chi connectivity index (χ4n) is 3.22. The summed E-state index contributed by atoms with van der Waals surface area (Å²) in [7, 11) is 0. The minimum absolute atomic E-state index is 0.331. The van der Waals surface area contributed by atoms with E-state index in [9.17, 15) is 9.59 Å². The molecule has 4 nitrogen and oxygen atoms in total. The standard InChI is InChI=1S/C26H42O4/c1-4-6-7-8-9-10-11-12-13-14-20-29-25(27)23-15-17-24(18-16-23)26(28)30-21-19-22(3)5-2/h15-18,22H,4-14,19-21H2,1-3H3. The Morgan fingerprint density at radius 3 is 1.60 bits per heavy atom. The molecule has 0 spiro atoms. The fraction of sp³-hybridized carbons (Fsp3) is 0.692. The van der Waals surface area contributed by atoms with E-state index < -0.39 is 0 Å². The van der Waals surface area contributed by atoms with Crippen molar-refractivity contribution in [1.82, 2.24) is 0 Å². The smallest absolute Gasteiger partial charge is 0.338 e. The molecule has 1 aromatic rings. The molecule has 1 rings (SSSR count). The number of hydrogen-bond acceptors (Lipinski definition) is 4. The van der Waals surface area contributed by atoms with Crippen molar-refractivity contribution < 1.29 is 19.1 Å². The monoisotopic (exact) mass is 418 g/mol. The summed E-state index contributed by atoms with van der Waals surface area (Å²) >= 11 is 0. The number of benzene rings is 1. The predicted octanol–water partition coefficient (Wildman–Crippen LogP) is 7.36. The van der Waals surface area contributed by atoms with Gasteiger partial charge in [-0.05, 0) is 43.0 Å². The van der Waals surface area contributed by atoms with Crippen LogP contribution in [0.4, 0.5) is 0 Å². The normalized spacial score (nSPS) is 11.8. The van der Waals surface area contributed by atoms with Crippen LogP contribution in [0.15, 0.2) is 24.3 Å². The van der Waals surface area contributed by atoms with Gasteiger partial charge in [0.2, 0.25) is 0 Å². The zero-order chi connectivity index (χ0) is 22.0. The topological polar surface area (TPSA) is 52.6 Å². The first kappa shape index (κ1) is 26.2. The van der Waals surface area contributed by atoms with Crippen LogP contribution in [-0.2, 0) is 9.47 Å². The van der Waals surface area contributed by atoms with Crippen molar-refractivity contribution in [2.45, 2.75) is 97.8 Å². The summed E-state index contributed by atoms with van der Waals surface area (Å²) in [6, 6.07) is 6.52. The summed E-state index contributed by atoms with van der Waals surface area (Å²) in [6.45, 7) is 7.39. The van der Waals surface area contributed by atoms with Gasteiger partial charge in [-0.1, -0.05) is 85.0 Å². The van der Waals surface area contributed by atoms with Crippen molar-refractivity contribution in [3.63, 3.8) is 0 Å². The Balaban J connectivity index is 2.14. The highest BCUT2D eigenvalue weighted by Crippen LogP contribution is 2.12. The van der Waals surface area contributed by atoms with Gasteiger partial charge in [-0.25, -0.2) is 9.59 Å². The zero-order valence-corrected chi connectivity index (χ0v) is 19.4. The minimum atomic E-state index is -0.344. The van der Waals surface area contributed by atoms with Crippen molar-refractivity contribution in [3.05, 3.63) is 35.4 Å². The molecule has 1 atom stereocenters. The Labute approximate surface area is 183 Å². The van der Waals surface area contributed by atoms with E-state index >= 15 is 0 Å². The summed E-state index contributed by atoms with van der Waals surface area (Å²) in [4.78, 5) is 24.2. The number of carbonyl (C=O) groups excluding carboxylic acids is 2. The molecule has 1 unspecified atom stereocenters. The quantitative estimate of drug-likeness (QED) is 0.196. The van der Waals surface area contributed by atoms with E-state index in [1.807, 2.05) is 0 Å². The van der Waals surface area contributed by atoms with E-state index in [0.29, 0.717) is 30.3 Å². The van der Waals surface area contributed by atoms with Gasteiger partial charge in [0.15, 0.2) is 0 Å². The van der Waals surface area contributed by atoms with Crippen LogP contribution in [0.2, 0.25) is 0 Å². The Kier molecular flexibility index (Phi) is 14.8. The first-order chi connectivity index (χ1) is 14.6. The van der Waals surface area contributed by atoms with E-state index in [1.165, 1.54) is 51.4 Å². The average molecular weight is 419 g/mol. The second-order valence-electron chi connectivity index (χ2n) is 8.33. The van der Waals surface area contributed by atoms with Gasteiger partial charge in [0.25, 0.3) is 0 Å². The van der Waals surface area contributed by atoms with E-state index in [4.69, 9.17) is 9.47 Å². The van der Waals surface area contributed by atoms with Crippen LogP contribution < -0.4 is 0 Å². The minimum Gasteiger partial charge on any atom is -0.462 e. The van der Waals surface area contributed by atoms with Gasteiger partial charge in [0.1, 0.15) is 0 Å². The lowest BCUT2D eigenvalue weighted by Crippen LogP contribution is -2.10. The largest absolute Gasteiger partial charge is 0.462 e.